The van der Waals surface area contributed by atoms with Crippen LogP contribution in [0.4, 0.5) is 13.2 Å². The van der Waals surface area contributed by atoms with E-state index in [2.05, 4.69) is 60.4 Å². The van der Waals surface area contributed by atoms with E-state index in [0.29, 0.717) is 11.6 Å². The average Bonchev–Trinajstić information content (AvgIpc) is 2.73. The molecule has 0 bridgehead atoms. The van der Waals surface area contributed by atoms with Crippen molar-refractivity contribution >= 4 is 16.3 Å². The van der Waals surface area contributed by atoms with Crippen LogP contribution in [0.5, 0.6) is 0 Å². The maximum atomic E-state index is 13.0. The van der Waals surface area contributed by atoms with Crippen molar-refractivity contribution in [2.45, 2.75) is 32.0 Å². The minimum Gasteiger partial charge on any atom is -0.296 e. The Morgan fingerprint density at radius 1 is 0.966 bits per heavy atom. The minimum absolute atomic E-state index is 0.361. The molecule has 1 nitrogen and oxygen atoms in total. The van der Waals surface area contributed by atoms with Gasteiger partial charge in [-0.2, -0.15) is 13.2 Å². The van der Waals surface area contributed by atoms with Crippen LogP contribution in [-0.4, -0.2) is 24.0 Å². The Morgan fingerprint density at radius 2 is 1.72 bits per heavy atom. The van der Waals surface area contributed by atoms with Crippen molar-refractivity contribution < 1.29 is 13.2 Å². The Bertz CT molecular complexity index is 1030. The molecule has 29 heavy (non-hydrogen) atoms. The summed E-state index contributed by atoms with van der Waals surface area (Å²) in [5.74, 6) is 0. The molecule has 0 fully saturated rings. The monoisotopic (exact) mass is 395 g/mol. The Morgan fingerprint density at radius 3 is 2.48 bits per heavy atom. The maximum Gasteiger partial charge on any atom is 0.416 e. The van der Waals surface area contributed by atoms with Crippen molar-refractivity contribution in [2.75, 3.05) is 13.1 Å². The lowest BCUT2D eigenvalue weighted by molar-refractivity contribution is -0.137. The first kappa shape index (κ1) is 19.7. The van der Waals surface area contributed by atoms with Crippen LogP contribution in [0.1, 0.15) is 30.0 Å². The Balaban J connectivity index is 1.47. The highest BCUT2D eigenvalue weighted by atomic mass is 19.4. The summed E-state index contributed by atoms with van der Waals surface area (Å²) in [5, 5.41) is 2.54. The molecule has 3 aromatic carbocycles. The number of nitrogens with zero attached hydrogens (tertiary/aromatic N) is 1. The van der Waals surface area contributed by atoms with Crippen molar-refractivity contribution in [1.82, 2.24) is 4.90 Å². The number of hydrogen-bond donors (Lipinski definition) is 0. The molecule has 1 atom stereocenters. The molecule has 0 saturated heterocycles. The van der Waals surface area contributed by atoms with E-state index in [1.807, 2.05) is 0 Å². The van der Waals surface area contributed by atoms with Gasteiger partial charge in [-0.15, -0.1) is 0 Å². The van der Waals surface area contributed by atoms with E-state index < -0.39 is 11.7 Å². The third-order valence-corrected chi connectivity index (χ3v) is 5.82. The topological polar surface area (TPSA) is 3.24 Å². The van der Waals surface area contributed by atoms with Gasteiger partial charge in [-0.05, 0) is 59.4 Å². The molecular formula is C25H24F3N. The summed E-state index contributed by atoms with van der Waals surface area (Å²) >= 11 is 0. The van der Waals surface area contributed by atoms with E-state index >= 15 is 0 Å². The summed E-state index contributed by atoms with van der Waals surface area (Å²) < 4.78 is 39.0. The number of benzene rings is 3. The van der Waals surface area contributed by atoms with Crippen LogP contribution in [0.3, 0.4) is 0 Å². The minimum atomic E-state index is -4.30. The standard InChI is InChI=1S/C25H24F3N/c1-18(16-22-9-4-7-20-6-2-3-11-24(20)22)29-14-12-19(13-15-29)21-8-5-10-23(17-21)25(26,27)28/h2-12,17-18H,13-16H2,1H3. The molecular weight excluding hydrogens is 371 g/mol. The molecule has 0 spiro atoms. The number of alkyl halides is 3. The fourth-order valence-electron chi connectivity index (χ4n) is 4.16. The van der Waals surface area contributed by atoms with E-state index in [0.717, 1.165) is 37.6 Å². The highest BCUT2D eigenvalue weighted by Crippen LogP contribution is 2.32. The molecule has 3 aromatic rings. The Kier molecular flexibility index (Phi) is 5.46. The first-order valence-corrected chi connectivity index (χ1v) is 9.99. The molecule has 150 valence electrons. The predicted octanol–water partition coefficient (Wildman–Crippen LogP) is 6.58. The molecule has 0 radical (unpaired) electrons. The quantitative estimate of drug-likeness (QED) is 0.482. The summed E-state index contributed by atoms with van der Waals surface area (Å²) in [4.78, 5) is 2.40. The van der Waals surface area contributed by atoms with Crippen LogP contribution < -0.4 is 0 Å². The molecule has 0 N–H and O–H groups in total. The van der Waals surface area contributed by atoms with Gasteiger partial charge in [0, 0.05) is 19.1 Å². The second-order valence-corrected chi connectivity index (χ2v) is 7.74. The zero-order valence-electron chi connectivity index (χ0n) is 16.4. The SMILES string of the molecule is CC(Cc1cccc2ccccc12)N1CC=C(c2cccc(C(F)(F)F)c2)CC1. The third-order valence-electron chi connectivity index (χ3n) is 5.82. The van der Waals surface area contributed by atoms with Crippen molar-refractivity contribution in [3.05, 3.63) is 89.5 Å². The van der Waals surface area contributed by atoms with E-state index in [9.17, 15) is 13.2 Å². The lowest BCUT2D eigenvalue weighted by atomic mass is 9.95. The summed E-state index contributed by atoms with van der Waals surface area (Å²) in [6.45, 7) is 3.84. The Hall–Kier alpha value is -2.59. The largest absolute Gasteiger partial charge is 0.416 e. The molecule has 0 saturated carbocycles. The molecule has 4 heteroatoms. The van der Waals surface area contributed by atoms with Crippen LogP contribution in [0.15, 0.2) is 72.8 Å². The zero-order valence-corrected chi connectivity index (χ0v) is 16.4. The predicted molar refractivity (Wildman–Crippen MR) is 113 cm³/mol. The highest BCUT2D eigenvalue weighted by molar-refractivity contribution is 5.85. The van der Waals surface area contributed by atoms with Crippen molar-refractivity contribution in [3.63, 3.8) is 0 Å². The van der Waals surface area contributed by atoms with Gasteiger partial charge < -0.3 is 0 Å². The molecule has 1 aliphatic heterocycles. The Labute approximate surface area is 169 Å². The number of hydrogen-bond acceptors (Lipinski definition) is 1. The van der Waals surface area contributed by atoms with Crippen LogP contribution in [-0.2, 0) is 12.6 Å². The summed E-state index contributed by atoms with van der Waals surface area (Å²) in [6, 6.07) is 20.9. The van der Waals surface area contributed by atoms with Gasteiger partial charge in [0.15, 0.2) is 0 Å². The van der Waals surface area contributed by atoms with E-state index in [4.69, 9.17) is 0 Å². The second-order valence-electron chi connectivity index (χ2n) is 7.74. The van der Waals surface area contributed by atoms with E-state index in [-0.39, 0.29) is 0 Å². The molecule has 0 aliphatic carbocycles. The normalized spacial score (nSPS) is 16.6. The van der Waals surface area contributed by atoms with E-state index in [1.165, 1.54) is 28.5 Å². The van der Waals surface area contributed by atoms with E-state index in [1.54, 1.807) is 6.07 Å². The molecule has 0 aromatic heterocycles. The van der Waals surface area contributed by atoms with Crippen LogP contribution in [0.2, 0.25) is 0 Å². The van der Waals surface area contributed by atoms with Gasteiger partial charge in [-0.3, -0.25) is 4.90 Å². The number of rotatable bonds is 4. The van der Waals surface area contributed by atoms with Gasteiger partial charge >= 0.3 is 6.18 Å². The van der Waals surface area contributed by atoms with Crippen molar-refractivity contribution in [1.29, 1.82) is 0 Å². The smallest absolute Gasteiger partial charge is 0.296 e. The van der Waals surface area contributed by atoms with Crippen LogP contribution >= 0.6 is 0 Å². The molecule has 1 heterocycles. The first-order valence-electron chi connectivity index (χ1n) is 9.99. The lowest BCUT2D eigenvalue weighted by Gasteiger charge is -2.32. The number of fused-ring (bicyclic) bond motifs is 1. The van der Waals surface area contributed by atoms with Gasteiger partial charge in [0.1, 0.15) is 0 Å². The third kappa shape index (κ3) is 4.38. The average molecular weight is 395 g/mol. The van der Waals surface area contributed by atoms with Gasteiger partial charge in [0.25, 0.3) is 0 Å². The highest BCUT2D eigenvalue weighted by Gasteiger charge is 2.30. The van der Waals surface area contributed by atoms with Crippen molar-refractivity contribution in [2.24, 2.45) is 0 Å². The fraction of sp³-hybridized carbons (Fsp3) is 0.280. The van der Waals surface area contributed by atoms with Gasteiger partial charge in [0.05, 0.1) is 5.56 Å². The summed E-state index contributed by atoms with van der Waals surface area (Å²) in [7, 11) is 0. The lowest BCUT2D eigenvalue weighted by Crippen LogP contribution is -2.37. The fourth-order valence-corrected chi connectivity index (χ4v) is 4.16. The molecule has 0 amide bonds. The first-order chi connectivity index (χ1) is 13.9. The van der Waals surface area contributed by atoms with Crippen molar-refractivity contribution in [3.8, 4) is 0 Å². The summed E-state index contributed by atoms with van der Waals surface area (Å²) in [6.07, 6.45) is -0.502. The second kappa shape index (κ2) is 8.03. The summed E-state index contributed by atoms with van der Waals surface area (Å²) in [5.41, 5.74) is 2.44. The molecule has 1 unspecified atom stereocenters. The van der Waals surface area contributed by atoms with Gasteiger partial charge in [-0.1, -0.05) is 60.7 Å². The molecule has 1 aliphatic rings. The van der Waals surface area contributed by atoms with Gasteiger partial charge in [-0.25, -0.2) is 0 Å². The number of halogens is 3. The van der Waals surface area contributed by atoms with Crippen LogP contribution in [0, 0.1) is 0 Å². The maximum absolute atomic E-state index is 13.0. The molecule has 4 rings (SSSR count). The van der Waals surface area contributed by atoms with Gasteiger partial charge in [0.2, 0.25) is 0 Å². The van der Waals surface area contributed by atoms with Crippen LogP contribution in [0.25, 0.3) is 16.3 Å². The zero-order chi connectivity index (χ0) is 20.4.